The Balaban J connectivity index is 1.74. The summed E-state index contributed by atoms with van der Waals surface area (Å²) in [6.07, 6.45) is 0.711. The molecule has 0 unspecified atom stereocenters. The van der Waals surface area contributed by atoms with E-state index in [2.05, 4.69) is 10.5 Å². The van der Waals surface area contributed by atoms with Crippen LogP contribution in [-0.4, -0.2) is 14.6 Å². The minimum absolute atomic E-state index is 0.711. The minimum atomic E-state index is 0.711. The van der Waals surface area contributed by atoms with E-state index in [1.807, 2.05) is 54.6 Å². The Morgan fingerprint density at radius 2 is 1.88 bits per heavy atom. The molecule has 2 aromatic carbocycles. The monoisotopic (exact) mass is 382 g/mol. The third kappa shape index (κ3) is 3.27. The smallest absolute Gasteiger partial charge is 0.213 e. The van der Waals surface area contributed by atoms with Gasteiger partial charge < -0.3 is 0 Å². The number of imidazole rings is 1. The molecule has 122 valence electrons. The van der Waals surface area contributed by atoms with Gasteiger partial charge in [0.05, 0.1) is 0 Å². The molecular formula is C18H11ClN4S2. The summed E-state index contributed by atoms with van der Waals surface area (Å²) in [6.45, 7) is 0. The van der Waals surface area contributed by atoms with Crippen molar-refractivity contribution in [2.45, 2.75) is 11.4 Å². The molecule has 4 aromatic rings. The molecule has 0 amide bonds. The summed E-state index contributed by atoms with van der Waals surface area (Å²) in [4.78, 5) is 5.50. The molecule has 0 aliphatic heterocycles. The van der Waals surface area contributed by atoms with Gasteiger partial charge in [0.15, 0.2) is 0 Å². The highest BCUT2D eigenvalue weighted by atomic mass is 35.5. The summed E-state index contributed by atoms with van der Waals surface area (Å²) >= 11 is 8.56. The standard InChI is InChI=1S/C18H11ClN4S2/c19-14-8-6-12(7-9-14)10-15-22-23-17(24-11-20)16(21-18(23)25-15)13-4-2-1-3-5-13/h1-9H,10H2. The van der Waals surface area contributed by atoms with Gasteiger partial charge >= 0.3 is 0 Å². The number of thioether (sulfide) groups is 1. The number of aromatic nitrogens is 3. The topological polar surface area (TPSA) is 54.0 Å². The quantitative estimate of drug-likeness (QED) is 0.356. The SMILES string of the molecule is N#CSc1c(-c2ccccc2)nc2sc(Cc3ccc(Cl)cc3)nn12. The van der Waals surface area contributed by atoms with Crippen molar-refractivity contribution >= 4 is 39.7 Å². The van der Waals surface area contributed by atoms with Gasteiger partial charge in [0.1, 0.15) is 21.1 Å². The van der Waals surface area contributed by atoms with Crippen LogP contribution >= 0.6 is 34.7 Å². The summed E-state index contributed by atoms with van der Waals surface area (Å²) in [5.74, 6) is 0. The number of hydrogen-bond acceptors (Lipinski definition) is 5. The number of hydrogen-bond donors (Lipinski definition) is 0. The molecule has 2 heterocycles. The third-order valence-corrected chi connectivity index (χ3v) is 5.47. The Bertz CT molecular complexity index is 1060. The maximum atomic E-state index is 9.17. The van der Waals surface area contributed by atoms with Crippen LogP contribution in [0.15, 0.2) is 59.6 Å². The van der Waals surface area contributed by atoms with E-state index in [1.165, 1.54) is 11.3 Å². The van der Waals surface area contributed by atoms with Crippen molar-refractivity contribution < 1.29 is 0 Å². The Morgan fingerprint density at radius 3 is 2.60 bits per heavy atom. The van der Waals surface area contributed by atoms with Crippen LogP contribution in [-0.2, 0) is 6.42 Å². The molecule has 0 radical (unpaired) electrons. The zero-order valence-corrected chi connectivity index (χ0v) is 15.3. The molecule has 4 rings (SSSR count). The fourth-order valence-corrected chi connectivity index (χ4v) is 4.21. The second-order valence-electron chi connectivity index (χ2n) is 5.32. The fourth-order valence-electron chi connectivity index (χ4n) is 2.54. The Kier molecular flexibility index (Phi) is 4.45. The van der Waals surface area contributed by atoms with Gasteiger partial charge in [0, 0.05) is 28.8 Å². The number of nitriles is 1. The summed E-state index contributed by atoms with van der Waals surface area (Å²) < 4.78 is 1.77. The van der Waals surface area contributed by atoms with Crippen LogP contribution in [0.4, 0.5) is 0 Å². The number of rotatable bonds is 4. The largest absolute Gasteiger partial charge is 0.216 e. The van der Waals surface area contributed by atoms with Gasteiger partial charge in [0.25, 0.3) is 0 Å². The summed E-state index contributed by atoms with van der Waals surface area (Å²) in [5, 5.41) is 18.4. The summed E-state index contributed by atoms with van der Waals surface area (Å²) in [6, 6.07) is 17.6. The first kappa shape index (κ1) is 16.2. The Hall–Kier alpha value is -2.33. The number of fused-ring (bicyclic) bond motifs is 1. The van der Waals surface area contributed by atoms with Gasteiger partial charge in [-0.25, -0.2) is 4.98 Å². The van der Waals surface area contributed by atoms with E-state index >= 15 is 0 Å². The van der Waals surface area contributed by atoms with Gasteiger partial charge in [-0.2, -0.15) is 14.9 Å². The van der Waals surface area contributed by atoms with E-state index < -0.39 is 0 Å². The molecule has 2 aromatic heterocycles. The number of halogens is 1. The highest BCUT2D eigenvalue weighted by Crippen LogP contribution is 2.33. The molecule has 0 aliphatic carbocycles. The predicted molar refractivity (Wildman–Crippen MR) is 102 cm³/mol. The second kappa shape index (κ2) is 6.89. The lowest BCUT2D eigenvalue weighted by molar-refractivity contribution is 0.853. The van der Waals surface area contributed by atoms with E-state index in [0.717, 1.165) is 48.6 Å². The van der Waals surface area contributed by atoms with Gasteiger partial charge in [-0.1, -0.05) is 65.4 Å². The fraction of sp³-hybridized carbons (Fsp3) is 0.0556. The van der Waals surface area contributed by atoms with Crippen molar-refractivity contribution in [3.8, 4) is 16.7 Å². The molecule has 0 saturated carbocycles. The maximum Gasteiger partial charge on any atom is 0.213 e. The molecule has 0 N–H and O–H groups in total. The molecule has 0 spiro atoms. The highest BCUT2D eigenvalue weighted by molar-refractivity contribution is 8.03. The van der Waals surface area contributed by atoms with Crippen molar-refractivity contribution in [2.24, 2.45) is 0 Å². The van der Waals surface area contributed by atoms with E-state index in [9.17, 15) is 5.26 Å². The average molecular weight is 383 g/mol. The highest BCUT2D eigenvalue weighted by Gasteiger charge is 2.18. The van der Waals surface area contributed by atoms with Crippen LogP contribution in [0.5, 0.6) is 0 Å². The predicted octanol–water partition coefficient (Wildman–Crippen LogP) is 5.28. The molecule has 0 saturated heterocycles. The third-order valence-electron chi connectivity index (χ3n) is 3.66. The van der Waals surface area contributed by atoms with Gasteiger partial charge in [0.2, 0.25) is 4.96 Å². The number of benzene rings is 2. The van der Waals surface area contributed by atoms with Crippen molar-refractivity contribution in [1.29, 1.82) is 5.26 Å². The summed E-state index contributed by atoms with van der Waals surface area (Å²) in [5.41, 5.74) is 2.92. The van der Waals surface area contributed by atoms with Crippen molar-refractivity contribution in [3.63, 3.8) is 0 Å². The minimum Gasteiger partial charge on any atom is -0.216 e. The van der Waals surface area contributed by atoms with Crippen molar-refractivity contribution in [2.75, 3.05) is 0 Å². The van der Waals surface area contributed by atoms with Crippen LogP contribution in [0.2, 0.25) is 5.02 Å². The van der Waals surface area contributed by atoms with E-state index in [0.29, 0.717) is 6.42 Å². The van der Waals surface area contributed by atoms with Crippen LogP contribution in [0.25, 0.3) is 16.2 Å². The van der Waals surface area contributed by atoms with E-state index in [1.54, 1.807) is 4.52 Å². The molecule has 7 heteroatoms. The molecule has 4 nitrogen and oxygen atoms in total. The van der Waals surface area contributed by atoms with Crippen LogP contribution in [0.1, 0.15) is 10.6 Å². The molecular weight excluding hydrogens is 372 g/mol. The lowest BCUT2D eigenvalue weighted by Gasteiger charge is -2.00. The zero-order valence-electron chi connectivity index (χ0n) is 12.9. The first-order valence-corrected chi connectivity index (χ1v) is 9.50. The Labute approximate surface area is 157 Å². The van der Waals surface area contributed by atoms with Gasteiger partial charge in [-0.15, -0.1) is 0 Å². The van der Waals surface area contributed by atoms with Crippen molar-refractivity contribution in [1.82, 2.24) is 14.6 Å². The lowest BCUT2D eigenvalue weighted by atomic mass is 10.2. The molecule has 0 aliphatic rings. The molecule has 25 heavy (non-hydrogen) atoms. The second-order valence-corrected chi connectivity index (χ2v) is 7.57. The summed E-state index contributed by atoms with van der Waals surface area (Å²) in [7, 11) is 0. The normalized spacial score (nSPS) is 10.9. The first-order valence-electron chi connectivity index (χ1n) is 7.49. The Morgan fingerprint density at radius 1 is 1.12 bits per heavy atom. The first-order chi connectivity index (χ1) is 12.2. The van der Waals surface area contributed by atoms with E-state index in [-0.39, 0.29) is 0 Å². The molecule has 0 atom stereocenters. The van der Waals surface area contributed by atoms with Crippen molar-refractivity contribution in [3.05, 3.63) is 70.2 Å². The zero-order chi connectivity index (χ0) is 17.2. The van der Waals surface area contributed by atoms with Crippen LogP contribution < -0.4 is 0 Å². The van der Waals surface area contributed by atoms with Gasteiger partial charge in [-0.3, -0.25) is 0 Å². The van der Waals surface area contributed by atoms with E-state index in [4.69, 9.17) is 16.6 Å². The maximum absolute atomic E-state index is 9.17. The number of nitrogens with zero attached hydrogens (tertiary/aromatic N) is 4. The average Bonchev–Trinajstić information content (AvgIpc) is 3.17. The lowest BCUT2D eigenvalue weighted by Crippen LogP contribution is -1.92. The van der Waals surface area contributed by atoms with Crippen LogP contribution in [0.3, 0.4) is 0 Å². The number of thiocyanates is 1. The molecule has 0 bridgehead atoms. The van der Waals surface area contributed by atoms with Gasteiger partial charge in [-0.05, 0) is 17.7 Å². The van der Waals surface area contributed by atoms with Crippen LogP contribution in [0, 0.1) is 10.7 Å². The molecule has 0 fully saturated rings.